The predicted molar refractivity (Wildman–Crippen MR) is 43.2 cm³/mol. The average molecular weight is 172 g/mol. The van der Waals surface area contributed by atoms with Crippen molar-refractivity contribution in [3.8, 4) is 0 Å². The summed E-state index contributed by atoms with van der Waals surface area (Å²) in [6.07, 6.45) is 4.95. The van der Waals surface area contributed by atoms with E-state index in [1.165, 1.54) is 6.42 Å². The van der Waals surface area contributed by atoms with Gasteiger partial charge in [-0.15, -0.1) is 0 Å². The molecular weight excluding hydrogens is 159 g/mol. The number of halogens is 1. The molecule has 1 saturated carbocycles. The van der Waals surface area contributed by atoms with Gasteiger partial charge in [-0.3, -0.25) is 0 Å². The smallest absolute Gasteiger partial charge is 0.366 e. The van der Waals surface area contributed by atoms with E-state index < -0.39 is 11.8 Å². The highest BCUT2D eigenvalue weighted by Gasteiger charge is 2.18. The first-order valence-corrected chi connectivity index (χ1v) is 4.25. The van der Waals surface area contributed by atoms with Gasteiger partial charge in [-0.1, -0.05) is 13.0 Å². The van der Waals surface area contributed by atoms with Crippen molar-refractivity contribution in [2.24, 2.45) is 0 Å². The predicted octanol–water partition coefficient (Wildman–Crippen LogP) is 2.35. The highest BCUT2D eigenvalue weighted by Crippen LogP contribution is 2.20. The Bertz CT molecular complexity index is 183. The fourth-order valence-corrected chi connectivity index (χ4v) is 1.40. The lowest BCUT2D eigenvalue weighted by atomic mass is 9.98. The molecule has 0 radical (unpaired) electrons. The standard InChI is InChI=1S/C9H13FO2/c1-7(10)9(11)12-8-5-3-2-4-6-8/h8H,1-6H2. The van der Waals surface area contributed by atoms with E-state index in [-0.39, 0.29) is 6.10 Å². The van der Waals surface area contributed by atoms with Crippen LogP contribution in [-0.4, -0.2) is 12.1 Å². The summed E-state index contributed by atoms with van der Waals surface area (Å²) < 4.78 is 17.0. The van der Waals surface area contributed by atoms with Gasteiger partial charge in [0, 0.05) is 0 Å². The molecule has 12 heavy (non-hydrogen) atoms. The normalized spacial score (nSPS) is 18.8. The Morgan fingerprint density at radius 3 is 2.42 bits per heavy atom. The largest absolute Gasteiger partial charge is 0.457 e. The van der Waals surface area contributed by atoms with Crippen molar-refractivity contribution >= 4 is 5.97 Å². The van der Waals surface area contributed by atoms with E-state index in [0.717, 1.165) is 25.7 Å². The second-order valence-corrected chi connectivity index (χ2v) is 3.07. The zero-order chi connectivity index (χ0) is 8.97. The summed E-state index contributed by atoms with van der Waals surface area (Å²) in [5.74, 6) is -1.90. The minimum Gasteiger partial charge on any atom is -0.457 e. The lowest BCUT2D eigenvalue weighted by Gasteiger charge is -2.21. The summed E-state index contributed by atoms with van der Waals surface area (Å²) in [5, 5.41) is 0. The summed E-state index contributed by atoms with van der Waals surface area (Å²) in [6, 6.07) is 0. The maximum absolute atomic E-state index is 12.2. The molecule has 2 nitrogen and oxygen atoms in total. The summed E-state index contributed by atoms with van der Waals surface area (Å²) >= 11 is 0. The molecule has 0 saturated heterocycles. The van der Waals surface area contributed by atoms with E-state index >= 15 is 0 Å². The van der Waals surface area contributed by atoms with Crippen molar-refractivity contribution in [1.82, 2.24) is 0 Å². The number of esters is 1. The number of rotatable bonds is 2. The van der Waals surface area contributed by atoms with Gasteiger partial charge in [0.05, 0.1) is 0 Å². The third-order valence-corrected chi connectivity index (χ3v) is 2.05. The second kappa shape index (κ2) is 4.24. The van der Waals surface area contributed by atoms with Crippen molar-refractivity contribution in [3.63, 3.8) is 0 Å². The minimum atomic E-state index is -0.999. The Labute approximate surface area is 71.4 Å². The topological polar surface area (TPSA) is 26.3 Å². The number of hydrogen-bond donors (Lipinski definition) is 0. The highest BCUT2D eigenvalue weighted by atomic mass is 19.1. The van der Waals surface area contributed by atoms with Crippen LogP contribution in [0.15, 0.2) is 12.4 Å². The van der Waals surface area contributed by atoms with Gasteiger partial charge < -0.3 is 4.74 Å². The zero-order valence-electron chi connectivity index (χ0n) is 7.01. The average Bonchev–Trinajstić information content (AvgIpc) is 2.06. The van der Waals surface area contributed by atoms with Gasteiger partial charge >= 0.3 is 5.97 Å². The lowest BCUT2D eigenvalue weighted by Crippen LogP contribution is -2.20. The molecule has 0 amide bonds. The number of ether oxygens (including phenoxy) is 1. The first-order valence-electron chi connectivity index (χ1n) is 4.25. The Morgan fingerprint density at radius 1 is 1.33 bits per heavy atom. The van der Waals surface area contributed by atoms with Gasteiger partial charge in [0.25, 0.3) is 0 Å². The van der Waals surface area contributed by atoms with Gasteiger partial charge in [-0.25, -0.2) is 4.79 Å². The highest BCUT2D eigenvalue weighted by molar-refractivity contribution is 5.85. The summed E-state index contributed by atoms with van der Waals surface area (Å²) in [4.78, 5) is 10.7. The number of hydrogen-bond acceptors (Lipinski definition) is 2. The van der Waals surface area contributed by atoms with Crippen LogP contribution >= 0.6 is 0 Å². The molecule has 68 valence electrons. The lowest BCUT2D eigenvalue weighted by molar-refractivity contribution is -0.147. The first kappa shape index (κ1) is 9.23. The molecule has 0 aromatic heterocycles. The van der Waals surface area contributed by atoms with Crippen LogP contribution in [0.2, 0.25) is 0 Å². The third-order valence-electron chi connectivity index (χ3n) is 2.05. The van der Waals surface area contributed by atoms with E-state index in [4.69, 9.17) is 4.74 Å². The second-order valence-electron chi connectivity index (χ2n) is 3.07. The molecule has 1 rings (SSSR count). The third kappa shape index (κ3) is 2.64. The molecule has 0 bridgehead atoms. The molecule has 3 heteroatoms. The number of carbonyl (C=O) groups excluding carboxylic acids is 1. The molecule has 1 aliphatic rings. The van der Waals surface area contributed by atoms with Crippen LogP contribution in [0.3, 0.4) is 0 Å². The molecule has 0 aromatic carbocycles. The van der Waals surface area contributed by atoms with Crippen LogP contribution in [0.5, 0.6) is 0 Å². The minimum absolute atomic E-state index is 0.0845. The van der Waals surface area contributed by atoms with Crippen molar-refractivity contribution in [3.05, 3.63) is 12.4 Å². The van der Waals surface area contributed by atoms with E-state index in [9.17, 15) is 9.18 Å². The monoisotopic (exact) mass is 172 g/mol. The van der Waals surface area contributed by atoms with Crippen molar-refractivity contribution in [2.45, 2.75) is 38.2 Å². The summed E-state index contributed by atoms with van der Waals surface area (Å²) in [6.45, 7) is 2.88. The van der Waals surface area contributed by atoms with Gasteiger partial charge in [-0.05, 0) is 25.7 Å². The van der Waals surface area contributed by atoms with E-state index in [1.54, 1.807) is 0 Å². The van der Waals surface area contributed by atoms with E-state index in [0.29, 0.717) is 0 Å². The van der Waals surface area contributed by atoms with Crippen molar-refractivity contribution < 1.29 is 13.9 Å². The van der Waals surface area contributed by atoms with Crippen LogP contribution in [0.4, 0.5) is 4.39 Å². The molecule has 0 aliphatic heterocycles. The van der Waals surface area contributed by atoms with Gasteiger partial charge in [0.2, 0.25) is 5.83 Å². The van der Waals surface area contributed by atoms with E-state index in [2.05, 4.69) is 6.58 Å². The Balaban J connectivity index is 2.29. The first-order chi connectivity index (χ1) is 5.70. The van der Waals surface area contributed by atoms with Crippen LogP contribution in [-0.2, 0) is 9.53 Å². The zero-order valence-corrected chi connectivity index (χ0v) is 7.01. The van der Waals surface area contributed by atoms with Gasteiger partial charge in [0.15, 0.2) is 0 Å². The molecule has 1 aliphatic carbocycles. The maximum Gasteiger partial charge on any atom is 0.366 e. The molecule has 0 N–H and O–H groups in total. The molecule has 0 aromatic rings. The Morgan fingerprint density at radius 2 is 1.92 bits per heavy atom. The van der Waals surface area contributed by atoms with Crippen LogP contribution in [0, 0.1) is 0 Å². The SMILES string of the molecule is C=C(F)C(=O)OC1CCCCC1. The fourth-order valence-electron chi connectivity index (χ4n) is 1.40. The molecule has 0 unspecified atom stereocenters. The van der Waals surface area contributed by atoms with Crippen LogP contribution in [0.1, 0.15) is 32.1 Å². The molecule has 1 fully saturated rings. The van der Waals surface area contributed by atoms with Crippen LogP contribution in [0.25, 0.3) is 0 Å². The molecule has 0 heterocycles. The Hall–Kier alpha value is -0.860. The number of carbonyl (C=O) groups is 1. The summed E-state index contributed by atoms with van der Waals surface area (Å²) in [5.41, 5.74) is 0. The van der Waals surface area contributed by atoms with Gasteiger partial charge in [0.1, 0.15) is 6.10 Å². The molecule has 0 spiro atoms. The Kier molecular flexibility index (Phi) is 3.26. The van der Waals surface area contributed by atoms with Crippen molar-refractivity contribution in [1.29, 1.82) is 0 Å². The molecular formula is C9H13FO2. The molecule has 0 atom stereocenters. The fraction of sp³-hybridized carbons (Fsp3) is 0.667. The summed E-state index contributed by atoms with van der Waals surface area (Å²) in [7, 11) is 0. The quantitative estimate of drug-likeness (QED) is 0.472. The van der Waals surface area contributed by atoms with Crippen LogP contribution < -0.4 is 0 Å². The van der Waals surface area contributed by atoms with Crippen molar-refractivity contribution in [2.75, 3.05) is 0 Å². The maximum atomic E-state index is 12.2. The van der Waals surface area contributed by atoms with E-state index in [1.807, 2.05) is 0 Å². The van der Waals surface area contributed by atoms with Gasteiger partial charge in [-0.2, -0.15) is 4.39 Å².